The fourth-order valence-corrected chi connectivity index (χ4v) is 4.12. The summed E-state index contributed by atoms with van der Waals surface area (Å²) in [6.45, 7) is 7.21. The summed E-state index contributed by atoms with van der Waals surface area (Å²) in [5, 5.41) is 12.8. The molecule has 164 valence electrons. The fraction of sp³-hybridized carbons (Fsp3) is 0.348. The van der Waals surface area contributed by atoms with Crippen LogP contribution in [0.1, 0.15) is 36.9 Å². The molecule has 8 heteroatoms. The number of rotatable bonds is 10. The van der Waals surface area contributed by atoms with Crippen molar-refractivity contribution in [2.75, 3.05) is 12.3 Å². The standard InChI is InChI=1S/C23H27ClN4O2S/c1-4-28-22(17(3)30-20-14-16(2)10-11-19(20)24)26-27-23(28)31-15-21(29)25-13-12-18-8-6-5-7-9-18/h5-11,14,17H,4,12-13,15H2,1-3H3,(H,25,29). The highest BCUT2D eigenvalue weighted by atomic mass is 35.5. The lowest BCUT2D eigenvalue weighted by atomic mass is 10.1. The number of hydrogen-bond acceptors (Lipinski definition) is 5. The van der Waals surface area contributed by atoms with E-state index >= 15 is 0 Å². The lowest BCUT2D eigenvalue weighted by molar-refractivity contribution is -0.118. The number of ether oxygens (including phenoxy) is 1. The topological polar surface area (TPSA) is 69.0 Å². The van der Waals surface area contributed by atoms with E-state index < -0.39 is 0 Å². The van der Waals surface area contributed by atoms with Crippen molar-refractivity contribution < 1.29 is 9.53 Å². The Morgan fingerprint density at radius 1 is 1.23 bits per heavy atom. The predicted molar refractivity (Wildman–Crippen MR) is 125 cm³/mol. The molecule has 0 saturated heterocycles. The molecular formula is C23H27ClN4O2S. The normalized spacial score (nSPS) is 11.9. The third kappa shape index (κ3) is 6.48. The number of thioether (sulfide) groups is 1. The van der Waals surface area contributed by atoms with Crippen LogP contribution in [0.25, 0.3) is 0 Å². The smallest absolute Gasteiger partial charge is 0.230 e. The van der Waals surface area contributed by atoms with Crippen LogP contribution in [0, 0.1) is 6.92 Å². The van der Waals surface area contributed by atoms with Crippen LogP contribution in [0.4, 0.5) is 0 Å². The van der Waals surface area contributed by atoms with Crippen LogP contribution in [-0.2, 0) is 17.8 Å². The van der Waals surface area contributed by atoms with Gasteiger partial charge in [-0.05, 0) is 50.5 Å². The molecule has 0 spiro atoms. The van der Waals surface area contributed by atoms with Crippen molar-refractivity contribution in [2.45, 2.75) is 45.0 Å². The predicted octanol–water partition coefficient (Wildman–Crippen LogP) is 4.85. The lowest BCUT2D eigenvalue weighted by Crippen LogP contribution is -2.27. The molecule has 2 aromatic carbocycles. The van der Waals surface area contributed by atoms with Gasteiger partial charge in [-0.2, -0.15) is 0 Å². The SMILES string of the molecule is CCn1c(SCC(=O)NCCc2ccccc2)nnc1C(C)Oc1cc(C)ccc1Cl. The van der Waals surface area contributed by atoms with Gasteiger partial charge in [-0.25, -0.2) is 0 Å². The molecule has 1 N–H and O–H groups in total. The summed E-state index contributed by atoms with van der Waals surface area (Å²) < 4.78 is 8.01. The van der Waals surface area contributed by atoms with Crippen LogP contribution in [0.5, 0.6) is 5.75 Å². The van der Waals surface area contributed by atoms with Crippen LogP contribution in [0.2, 0.25) is 5.02 Å². The van der Waals surface area contributed by atoms with Crippen molar-refractivity contribution in [1.82, 2.24) is 20.1 Å². The number of hydrogen-bond donors (Lipinski definition) is 1. The zero-order valence-electron chi connectivity index (χ0n) is 18.0. The average molecular weight is 459 g/mol. The Kier molecular flexibility index (Phi) is 8.37. The second kappa shape index (κ2) is 11.2. The summed E-state index contributed by atoms with van der Waals surface area (Å²) >= 11 is 7.63. The Bertz CT molecular complexity index is 1010. The molecule has 1 aromatic heterocycles. The van der Waals surface area contributed by atoms with Gasteiger partial charge in [0.05, 0.1) is 10.8 Å². The first-order valence-electron chi connectivity index (χ1n) is 10.3. The Labute approximate surface area is 192 Å². The van der Waals surface area contributed by atoms with Crippen LogP contribution >= 0.6 is 23.4 Å². The van der Waals surface area contributed by atoms with Gasteiger partial charge >= 0.3 is 0 Å². The van der Waals surface area contributed by atoms with Crippen molar-refractivity contribution in [3.05, 3.63) is 70.5 Å². The van der Waals surface area contributed by atoms with Gasteiger partial charge in [-0.1, -0.05) is 59.8 Å². The van der Waals surface area contributed by atoms with E-state index in [-0.39, 0.29) is 17.8 Å². The number of carbonyl (C=O) groups is 1. The second-order valence-corrected chi connectivity index (χ2v) is 8.50. The molecule has 0 fully saturated rings. The van der Waals surface area contributed by atoms with E-state index in [1.807, 2.05) is 61.7 Å². The first kappa shape index (κ1) is 23.2. The van der Waals surface area contributed by atoms with Gasteiger partial charge in [0.25, 0.3) is 0 Å². The van der Waals surface area contributed by atoms with Gasteiger partial charge < -0.3 is 14.6 Å². The maximum Gasteiger partial charge on any atom is 0.230 e. The molecule has 0 saturated carbocycles. The van der Waals surface area contributed by atoms with Gasteiger partial charge in [0, 0.05) is 13.1 Å². The van der Waals surface area contributed by atoms with E-state index in [0.717, 1.165) is 12.0 Å². The van der Waals surface area contributed by atoms with Crippen LogP contribution < -0.4 is 10.1 Å². The van der Waals surface area contributed by atoms with Crippen LogP contribution in [-0.4, -0.2) is 33.0 Å². The monoisotopic (exact) mass is 458 g/mol. The molecule has 31 heavy (non-hydrogen) atoms. The molecule has 1 heterocycles. The minimum Gasteiger partial charge on any atom is -0.481 e. The Morgan fingerprint density at radius 3 is 2.74 bits per heavy atom. The molecule has 3 rings (SSSR count). The van der Waals surface area contributed by atoms with Gasteiger partial charge in [-0.15, -0.1) is 10.2 Å². The van der Waals surface area contributed by atoms with Crippen molar-refractivity contribution in [3.63, 3.8) is 0 Å². The summed E-state index contributed by atoms with van der Waals surface area (Å²) in [5.74, 6) is 1.58. The molecule has 1 amide bonds. The zero-order chi connectivity index (χ0) is 22.2. The van der Waals surface area contributed by atoms with Crippen molar-refractivity contribution >= 4 is 29.3 Å². The summed E-state index contributed by atoms with van der Waals surface area (Å²) in [7, 11) is 0. The largest absolute Gasteiger partial charge is 0.481 e. The van der Waals surface area contributed by atoms with E-state index in [1.165, 1.54) is 17.3 Å². The number of carbonyl (C=O) groups excluding carboxylic acids is 1. The van der Waals surface area contributed by atoms with E-state index in [0.29, 0.717) is 34.8 Å². The molecule has 1 atom stereocenters. The summed E-state index contributed by atoms with van der Waals surface area (Å²) in [6, 6.07) is 15.8. The van der Waals surface area contributed by atoms with Gasteiger partial charge in [0.2, 0.25) is 5.91 Å². The lowest BCUT2D eigenvalue weighted by Gasteiger charge is -2.16. The molecule has 1 unspecified atom stereocenters. The molecule has 0 aliphatic heterocycles. The third-order valence-electron chi connectivity index (χ3n) is 4.73. The zero-order valence-corrected chi connectivity index (χ0v) is 19.5. The van der Waals surface area contributed by atoms with Gasteiger partial charge in [0.15, 0.2) is 17.1 Å². The first-order valence-corrected chi connectivity index (χ1v) is 11.6. The minimum atomic E-state index is -0.333. The number of nitrogens with one attached hydrogen (secondary N) is 1. The highest BCUT2D eigenvalue weighted by Crippen LogP contribution is 2.30. The maximum absolute atomic E-state index is 12.2. The van der Waals surface area contributed by atoms with Gasteiger partial charge in [-0.3, -0.25) is 4.79 Å². The van der Waals surface area contributed by atoms with E-state index in [2.05, 4.69) is 27.6 Å². The summed E-state index contributed by atoms with van der Waals surface area (Å²) in [6.07, 6.45) is 0.476. The van der Waals surface area contributed by atoms with E-state index in [1.54, 1.807) is 0 Å². The molecule has 0 aliphatic rings. The summed E-state index contributed by atoms with van der Waals surface area (Å²) in [5.41, 5.74) is 2.27. The molecule has 3 aromatic rings. The minimum absolute atomic E-state index is 0.0241. The van der Waals surface area contributed by atoms with Crippen molar-refractivity contribution in [3.8, 4) is 5.75 Å². The van der Waals surface area contributed by atoms with Crippen LogP contribution in [0.3, 0.4) is 0 Å². The quantitative estimate of drug-likeness (QED) is 0.440. The number of aromatic nitrogens is 3. The number of aryl methyl sites for hydroxylation is 1. The second-order valence-electron chi connectivity index (χ2n) is 7.15. The number of halogens is 1. The number of nitrogens with zero attached hydrogens (tertiary/aromatic N) is 3. The molecule has 0 bridgehead atoms. The molecule has 6 nitrogen and oxygen atoms in total. The molecular weight excluding hydrogens is 432 g/mol. The summed E-state index contributed by atoms with van der Waals surface area (Å²) in [4.78, 5) is 12.2. The van der Waals surface area contributed by atoms with Crippen molar-refractivity contribution in [2.24, 2.45) is 0 Å². The number of amides is 1. The average Bonchev–Trinajstić information content (AvgIpc) is 3.18. The third-order valence-corrected chi connectivity index (χ3v) is 6.01. The van der Waals surface area contributed by atoms with Gasteiger partial charge in [0.1, 0.15) is 5.75 Å². The maximum atomic E-state index is 12.2. The highest BCUT2D eigenvalue weighted by molar-refractivity contribution is 7.99. The fourth-order valence-electron chi connectivity index (χ4n) is 3.12. The van der Waals surface area contributed by atoms with Crippen molar-refractivity contribution in [1.29, 1.82) is 0 Å². The Hall–Kier alpha value is -2.51. The Morgan fingerprint density at radius 2 is 2.00 bits per heavy atom. The Balaban J connectivity index is 1.55. The van der Waals surface area contributed by atoms with E-state index in [4.69, 9.17) is 16.3 Å². The highest BCUT2D eigenvalue weighted by Gasteiger charge is 2.20. The first-order chi connectivity index (χ1) is 15.0. The molecule has 0 aliphatic carbocycles. The number of benzene rings is 2. The van der Waals surface area contributed by atoms with Crippen LogP contribution in [0.15, 0.2) is 53.7 Å². The molecule has 0 radical (unpaired) electrons. The van der Waals surface area contributed by atoms with E-state index in [9.17, 15) is 4.79 Å².